The Balaban J connectivity index is 2.01. The summed E-state index contributed by atoms with van der Waals surface area (Å²) in [5.74, 6) is 5.93. The Kier molecular flexibility index (Phi) is 4.90. The van der Waals surface area contributed by atoms with E-state index in [2.05, 4.69) is 24.3 Å². The highest BCUT2D eigenvalue weighted by Gasteiger charge is 2.06. The third kappa shape index (κ3) is 4.03. The number of pyridine rings is 1. The van der Waals surface area contributed by atoms with Gasteiger partial charge in [-0.1, -0.05) is 32.0 Å². The quantitative estimate of drug-likeness (QED) is 0.502. The molecule has 0 fully saturated rings. The van der Waals surface area contributed by atoms with Gasteiger partial charge in [-0.05, 0) is 35.7 Å². The molecule has 1 aromatic carbocycles. The number of aromatic nitrogens is 1. The Morgan fingerprint density at radius 3 is 2.57 bits per heavy atom. The van der Waals surface area contributed by atoms with Crippen molar-refractivity contribution in [2.75, 3.05) is 0 Å². The van der Waals surface area contributed by atoms with Crippen molar-refractivity contribution in [3.8, 4) is 5.75 Å². The molecule has 0 saturated carbocycles. The molecule has 0 saturated heterocycles. The molecule has 0 atom stereocenters. The van der Waals surface area contributed by atoms with Gasteiger partial charge in [0.15, 0.2) is 0 Å². The lowest BCUT2D eigenvalue weighted by Gasteiger charge is -2.09. The molecule has 0 bridgehead atoms. The topological polar surface area (TPSA) is 77.2 Å². The van der Waals surface area contributed by atoms with Gasteiger partial charge in [0, 0.05) is 0 Å². The Labute approximate surface area is 124 Å². The van der Waals surface area contributed by atoms with Gasteiger partial charge in [-0.25, -0.2) is 10.8 Å². The third-order valence-corrected chi connectivity index (χ3v) is 3.10. The van der Waals surface area contributed by atoms with Gasteiger partial charge < -0.3 is 4.74 Å². The Morgan fingerprint density at radius 2 is 1.95 bits per heavy atom. The van der Waals surface area contributed by atoms with E-state index in [4.69, 9.17) is 10.6 Å². The van der Waals surface area contributed by atoms with Crippen LogP contribution in [0.15, 0.2) is 42.5 Å². The van der Waals surface area contributed by atoms with E-state index in [1.165, 1.54) is 5.56 Å². The standard InChI is InChI=1S/C16H19N3O2/c1-11(2)12-6-8-14(9-7-12)21-10-13-4-3-5-15(18-13)16(20)19-17/h3-9,11H,10,17H2,1-2H3,(H,19,20). The fourth-order valence-electron chi connectivity index (χ4n) is 1.87. The predicted molar refractivity (Wildman–Crippen MR) is 80.8 cm³/mol. The number of hydrogen-bond acceptors (Lipinski definition) is 4. The Bertz CT molecular complexity index is 609. The largest absolute Gasteiger partial charge is 0.487 e. The van der Waals surface area contributed by atoms with Crippen LogP contribution in [0, 0.1) is 0 Å². The summed E-state index contributed by atoms with van der Waals surface area (Å²) in [6.07, 6.45) is 0. The van der Waals surface area contributed by atoms with Crippen LogP contribution in [-0.4, -0.2) is 10.9 Å². The van der Waals surface area contributed by atoms with Crippen LogP contribution < -0.4 is 16.0 Å². The number of nitrogens with one attached hydrogen (secondary N) is 1. The summed E-state index contributed by atoms with van der Waals surface area (Å²) in [7, 11) is 0. The molecule has 0 unspecified atom stereocenters. The van der Waals surface area contributed by atoms with Crippen molar-refractivity contribution in [3.05, 3.63) is 59.4 Å². The van der Waals surface area contributed by atoms with Crippen LogP contribution in [0.5, 0.6) is 5.75 Å². The first-order valence-electron chi connectivity index (χ1n) is 6.80. The molecule has 21 heavy (non-hydrogen) atoms. The highest BCUT2D eigenvalue weighted by atomic mass is 16.5. The van der Waals surface area contributed by atoms with Gasteiger partial charge in [-0.3, -0.25) is 10.2 Å². The molecule has 1 amide bonds. The summed E-state index contributed by atoms with van der Waals surface area (Å²) in [6, 6.07) is 13.1. The van der Waals surface area contributed by atoms with Crippen molar-refractivity contribution < 1.29 is 9.53 Å². The summed E-state index contributed by atoms with van der Waals surface area (Å²) in [6.45, 7) is 4.59. The first kappa shape index (κ1) is 15.0. The summed E-state index contributed by atoms with van der Waals surface area (Å²) in [5.41, 5.74) is 4.27. The summed E-state index contributed by atoms with van der Waals surface area (Å²) >= 11 is 0. The maximum absolute atomic E-state index is 11.4. The summed E-state index contributed by atoms with van der Waals surface area (Å²) in [5, 5.41) is 0. The Morgan fingerprint density at radius 1 is 1.24 bits per heavy atom. The number of nitrogens with zero attached hydrogens (tertiary/aromatic N) is 1. The Hall–Kier alpha value is -2.40. The number of benzene rings is 1. The van der Waals surface area contributed by atoms with Crippen LogP contribution in [-0.2, 0) is 6.61 Å². The average molecular weight is 285 g/mol. The molecule has 0 aliphatic carbocycles. The van der Waals surface area contributed by atoms with Crippen molar-refractivity contribution >= 4 is 5.91 Å². The zero-order valence-corrected chi connectivity index (χ0v) is 12.2. The third-order valence-electron chi connectivity index (χ3n) is 3.10. The number of carbonyl (C=O) groups excluding carboxylic acids is 1. The molecule has 0 aliphatic heterocycles. The molecular weight excluding hydrogens is 266 g/mol. The molecule has 1 heterocycles. The maximum atomic E-state index is 11.4. The maximum Gasteiger partial charge on any atom is 0.283 e. The minimum absolute atomic E-state index is 0.272. The highest BCUT2D eigenvalue weighted by Crippen LogP contribution is 2.19. The van der Waals surface area contributed by atoms with E-state index in [1.54, 1.807) is 18.2 Å². The van der Waals surface area contributed by atoms with Crippen LogP contribution in [0.2, 0.25) is 0 Å². The summed E-state index contributed by atoms with van der Waals surface area (Å²) in [4.78, 5) is 15.6. The molecule has 3 N–H and O–H groups in total. The molecule has 0 aliphatic rings. The van der Waals surface area contributed by atoms with Crippen molar-refractivity contribution in [2.45, 2.75) is 26.4 Å². The van der Waals surface area contributed by atoms with Gasteiger partial charge >= 0.3 is 0 Å². The number of hydrogen-bond donors (Lipinski definition) is 2. The lowest BCUT2D eigenvalue weighted by Crippen LogP contribution is -2.30. The van der Waals surface area contributed by atoms with E-state index in [0.29, 0.717) is 18.2 Å². The van der Waals surface area contributed by atoms with Crippen LogP contribution in [0.4, 0.5) is 0 Å². The van der Waals surface area contributed by atoms with E-state index in [9.17, 15) is 4.79 Å². The fraction of sp³-hybridized carbons (Fsp3) is 0.250. The van der Waals surface area contributed by atoms with Gasteiger partial charge in [-0.2, -0.15) is 0 Å². The molecule has 2 rings (SSSR count). The van der Waals surface area contributed by atoms with E-state index < -0.39 is 5.91 Å². The predicted octanol–water partition coefficient (Wildman–Crippen LogP) is 2.39. The highest BCUT2D eigenvalue weighted by molar-refractivity contribution is 5.91. The molecule has 5 heteroatoms. The number of carbonyl (C=O) groups is 1. The van der Waals surface area contributed by atoms with E-state index in [-0.39, 0.29) is 5.69 Å². The van der Waals surface area contributed by atoms with E-state index >= 15 is 0 Å². The molecule has 0 spiro atoms. The summed E-state index contributed by atoms with van der Waals surface area (Å²) < 4.78 is 5.67. The normalized spacial score (nSPS) is 10.5. The molecule has 2 aromatic rings. The number of rotatable bonds is 5. The van der Waals surface area contributed by atoms with Crippen molar-refractivity contribution in [2.24, 2.45) is 5.84 Å². The molecule has 110 valence electrons. The second-order valence-corrected chi connectivity index (χ2v) is 5.00. The SMILES string of the molecule is CC(C)c1ccc(OCc2cccc(C(=O)NN)n2)cc1. The minimum Gasteiger partial charge on any atom is -0.487 e. The molecule has 5 nitrogen and oxygen atoms in total. The van der Waals surface area contributed by atoms with Gasteiger partial charge in [0.2, 0.25) is 0 Å². The van der Waals surface area contributed by atoms with Crippen molar-refractivity contribution in [1.29, 1.82) is 0 Å². The van der Waals surface area contributed by atoms with Crippen molar-refractivity contribution in [1.82, 2.24) is 10.4 Å². The zero-order chi connectivity index (χ0) is 15.2. The molecular formula is C16H19N3O2. The van der Waals surface area contributed by atoms with Gasteiger partial charge in [-0.15, -0.1) is 0 Å². The van der Waals surface area contributed by atoms with Gasteiger partial charge in [0.25, 0.3) is 5.91 Å². The number of amides is 1. The smallest absolute Gasteiger partial charge is 0.283 e. The number of hydrazine groups is 1. The van der Waals surface area contributed by atoms with Crippen LogP contribution >= 0.6 is 0 Å². The fourth-order valence-corrected chi connectivity index (χ4v) is 1.87. The van der Waals surface area contributed by atoms with Crippen LogP contribution in [0.1, 0.15) is 41.5 Å². The molecule has 1 aromatic heterocycles. The van der Waals surface area contributed by atoms with Gasteiger partial charge in [0.1, 0.15) is 18.1 Å². The van der Waals surface area contributed by atoms with Gasteiger partial charge in [0.05, 0.1) is 5.69 Å². The lowest BCUT2D eigenvalue weighted by atomic mass is 10.0. The van der Waals surface area contributed by atoms with E-state index in [1.807, 2.05) is 24.3 Å². The first-order chi connectivity index (χ1) is 10.1. The molecule has 0 radical (unpaired) electrons. The number of nitrogens with two attached hydrogens (primary N) is 1. The van der Waals surface area contributed by atoms with E-state index in [0.717, 1.165) is 5.75 Å². The average Bonchev–Trinajstić information content (AvgIpc) is 2.52. The first-order valence-corrected chi connectivity index (χ1v) is 6.80. The second-order valence-electron chi connectivity index (χ2n) is 5.00. The minimum atomic E-state index is -0.418. The number of ether oxygens (including phenoxy) is 1. The zero-order valence-electron chi connectivity index (χ0n) is 12.2. The number of nitrogen functional groups attached to an aromatic ring is 1. The monoisotopic (exact) mass is 285 g/mol. The van der Waals surface area contributed by atoms with Crippen LogP contribution in [0.3, 0.4) is 0 Å². The second kappa shape index (κ2) is 6.85. The van der Waals surface area contributed by atoms with Crippen LogP contribution in [0.25, 0.3) is 0 Å². The lowest BCUT2D eigenvalue weighted by molar-refractivity contribution is 0.0948. The van der Waals surface area contributed by atoms with Crippen molar-refractivity contribution in [3.63, 3.8) is 0 Å².